The number of hydrogen-bond acceptors (Lipinski definition) is 3. The lowest BCUT2D eigenvalue weighted by Gasteiger charge is -2.44. The Balaban J connectivity index is 1.75. The molecule has 2 fully saturated rings. The highest BCUT2D eigenvalue weighted by molar-refractivity contribution is 4.84. The Bertz CT molecular complexity index is 287. The Labute approximate surface area is 126 Å². The molecule has 0 aliphatic carbocycles. The van der Waals surface area contributed by atoms with E-state index in [-0.39, 0.29) is 0 Å². The average Bonchev–Trinajstić information content (AvgIpc) is 2.38. The van der Waals surface area contributed by atoms with Gasteiger partial charge in [0.15, 0.2) is 0 Å². The summed E-state index contributed by atoms with van der Waals surface area (Å²) in [5, 5.41) is 0. The van der Waals surface area contributed by atoms with Gasteiger partial charge < -0.3 is 9.80 Å². The topological polar surface area (TPSA) is 9.72 Å². The third-order valence-electron chi connectivity index (χ3n) is 5.12. The van der Waals surface area contributed by atoms with E-state index in [9.17, 15) is 0 Å². The molecular formula is C17H35N3. The van der Waals surface area contributed by atoms with Crippen molar-refractivity contribution in [3.05, 3.63) is 0 Å². The fourth-order valence-electron chi connectivity index (χ4n) is 3.68. The van der Waals surface area contributed by atoms with Crippen LogP contribution in [0.5, 0.6) is 0 Å². The van der Waals surface area contributed by atoms with Gasteiger partial charge in [-0.15, -0.1) is 0 Å². The molecule has 0 amide bonds. The van der Waals surface area contributed by atoms with E-state index < -0.39 is 0 Å². The van der Waals surface area contributed by atoms with E-state index in [1.165, 1.54) is 58.7 Å². The van der Waals surface area contributed by atoms with Gasteiger partial charge in [0.1, 0.15) is 0 Å². The zero-order valence-corrected chi connectivity index (χ0v) is 14.4. The minimum Gasteiger partial charge on any atom is -0.301 e. The van der Waals surface area contributed by atoms with Crippen LogP contribution in [-0.2, 0) is 0 Å². The number of piperidine rings is 1. The second-order valence-electron chi connectivity index (χ2n) is 8.06. The molecule has 118 valence electrons. The molecule has 0 saturated carbocycles. The average molecular weight is 281 g/mol. The summed E-state index contributed by atoms with van der Waals surface area (Å²) in [7, 11) is 0. The summed E-state index contributed by atoms with van der Waals surface area (Å²) >= 11 is 0. The summed E-state index contributed by atoms with van der Waals surface area (Å²) in [4.78, 5) is 8.00. The molecule has 2 aliphatic heterocycles. The Morgan fingerprint density at radius 1 is 1.00 bits per heavy atom. The lowest BCUT2D eigenvalue weighted by molar-refractivity contribution is 0.0428. The molecule has 2 aliphatic rings. The maximum Gasteiger partial charge on any atom is 0.0126 e. The molecule has 3 heteroatoms. The molecule has 0 N–H and O–H groups in total. The molecule has 0 spiro atoms. The van der Waals surface area contributed by atoms with Gasteiger partial charge in [0.2, 0.25) is 0 Å². The Kier molecular flexibility index (Phi) is 5.49. The van der Waals surface area contributed by atoms with E-state index in [2.05, 4.69) is 49.3 Å². The number of piperazine rings is 1. The van der Waals surface area contributed by atoms with Gasteiger partial charge in [-0.1, -0.05) is 0 Å². The third-order valence-corrected chi connectivity index (χ3v) is 5.12. The first-order valence-corrected chi connectivity index (χ1v) is 8.57. The van der Waals surface area contributed by atoms with Crippen LogP contribution < -0.4 is 0 Å². The number of rotatable bonds is 3. The van der Waals surface area contributed by atoms with Gasteiger partial charge in [-0.05, 0) is 59.9 Å². The summed E-state index contributed by atoms with van der Waals surface area (Å²) in [5.41, 5.74) is 0.339. The van der Waals surface area contributed by atoms with E-state index in [1.807, 2.05) is 0 Å². The van der Waals surface area contributed by atoms with E-state index in [0.29, 0.717) is 5.54 Å². The highest BCUT2D eigenvalue weighted by atomic mass is 15.3. The van der Waals surface area contributed by atoms with Crippen molar-refractivity contribution in [1.82, 2.24) is 14.7 Å². The van der Waals surface area contributed by atoms with Crippen LogP contribution in [0.1, 0.15) is 47.5 Å². The highest BCUT2D eigenvalue weighted by Crippen LogP contribution is 2.21. The van der Waals surface area contributed by atoms with E-state index >= 15 is 0 Å². The Morgan fingerprint density at radius 3 is 2.20 bits per heavy atom. The zero-order chi connectivity index (χ0) is 14.8. The summed E-state index contributed by atoms with van der Waals surface area (Å²) in [6, 6.07) is 0.718. The van der Waals surface area contributed by atoms with Crippen LogP contribution in [0.2, 0.25) is 0 Å². The van der Waals surface area contributed by atoms with Gasteiger partial charge in [-0.2, -0.15) is 0 Å². The maximum atomic E-state index is 2.71. The van der Waals surface area contributed by atoms with Crippen molar-refractivity contribution in [2.45, 2.75) is 59.0 Å². The van der Waals surface area contributed by atoms with Crippen LogP contribution in [0.4, 0.5) is 0 Å². The molecule has 0 aromatic heterocycles. The van der Waals surface area contributed by atoms with Crippen LogP contribution in [-0.4, -0.2) is 72.1 Å². The lowest BCUT2D eigenvalue weighted by atomic mass is 9.96. The van der Waals surface area contributed by atoms with Crippen molar-refractivity contribution in [2.75, 3.05) is 45.8 Å². The number of likely N-dealkylation sites (tertiary alicyclic amines) is 1. The first-order valence-electron chi connectivity index (χ1n) is 8.57. The fraction of sp³-hybridized carbons (Fsp3) is 1.00. The summed E-state index contributed by atoms with van der Waals surface area (Å²) < 4.78 is 0. The molecule has 0 aromatic carbocycles. The zero-order valence-electron chi connectivity index (χ0n) is 14.4. The van der Waals surface area contributed by atoms with Crippen molar-refractivity contribution >= 4 is 0 Å². The standard InChI is InChI=1S/C17H35N3/c1-15(2)19-8-6-7-16(14-19)13-18-9-11-20(12-10-18)17(3,4)5/h15-16H,6-14H2,1-5H3/t16-/m0/s1. The minimum atomic E-state index is 0.339. The van der Waals surface area contributed by atoms with Crippen LogP contribution in [0.15, 0.2) is 0 Å². The summed E-state index contributed by atoms with van der Waals surface area (Å²) in [6.07, 6.45) is 2.83. The number of nitrogens with zero attached hydrogens (tertiary/aromatic N) is 3. The molecule has 2 rings (SSSR count). The normalized spacial score (nSPS) is 28.2. The third kappa shape index (κ3) is 4.44. The van der Waals surface area contributed by atoms with E-state index in [0.717, 1.165) is 12.0 Å². The second-order valence-corrected chi connectivity index (χ2v) is 8.06. The highest BCUT2D eigenvalue weighted by Gasteiger charge is 2.28. The maximum absolute atomic E-state index is 2.71. The first-order chi connectivity index (χ1) is 9.36. The largest absolute Gasteiger partial charge is 0.301 e. The first kappa shape index (κ1) is 16.3. The molecule has 0 unspecified atom stereocenters. The van der Waals surface area contributed by atoms with Gasteiger partial charge in [-0.25, -0.2) is 0 Å². The van der Waals surface area contributed by atoms with Crippen molar-refractivity contribution in [3.63, 3.8) is 0 Å². The molecule has 2 heterocycles. The monoisotopic (exact) mass is 281 g/mol. The van der Waals surface area contributed by atoms with Gasteiger partial charge in [0, 0.05) is 50.8 Å². The van der Waals surface area contributed by atoms with Gasteiger partial charge in [0.05, 0.1) is 0 Å². The van der Waals surface area contributed by atoms with Crippen molar-refractivity contribution < 1.29 is 0 Å². The van der Waals surface area contributed by atoms with Gasteiger partial charge in [-0.3, -0.25) is 4.90 Å². The molecule has 0 bridgehead atoms. The predicted octanol–water partition coefficient (Wildman–Crippen LogP) is 2.52. The van der Waals surface area contributed by atoms with Crippen molar-refractivity contribution in [1.29, 1.82) is 0 Å². The SMILES string of the molecule is CC(C)N1CCC[C@@H](CN2CCN(C(C)(C)C)CC2)C1. The fourth-order valence-corrected chi connectivity index (χ4v) is 3.68. The van der Waals surface area contributed by atoms with Crippen LogP contribution in [0.3, 0.4) is 0 Å². The molecule has 20 heavy (non-hydrogen) atoms. The van der Waals surface area contributed by atoms with Crippen LogP contribution >= 0.6 is 0 Å². The quantitative estimate of drug-likeness (QED) is 0.787. The van der Waals surface area contributed by atoms with Crippen LogP contribution in [0, 0.1) is 5.92 Å². The van der Waals surface area contributed by atoms with Gasteiger partial charge >= 0.3 is 0 Å². The molecular weight excluding hydrogens is 246 g/mol. The van der Waals surface area contributed by atoms with E-state index in [1.54, 1.807) is 0 Å². The second kappa shape index (κ2) is 6.76. The van der Waals surface area contributed by atoms with E-state index in [4.69, 9.17) is 0 Å². The number of hydrogen-bond donors (Lipinski definition) is 0. The minimum absolute atomic E-state index is 0.339. The molecule has 0 aromatic rings. The summed E-state index contributed by atoms with van der Waals surface area (Å²) in [6.45, 7) is 20.6. The van der Waals surface area contributed by atoms with Crippen molar-refractivity contribution in [3.8, 4) is 0 Å². The van der Waals surface area contributed by atoms with Crippen molar-refractivity contribution in [2.24, 2.45) is 5.92 Å². The molecule has 1 atom stereocenters. The molecule has 0 radical (unpaired) electrons. The van der Waals surface area contributed by atoms with Crippen LogP contribution in [0.25, 0.3) is 0 Å². The smallest absolute Gasteiger partial charge is 0.0126 e. The predicted molar refractivity (Wildman–Crippen MR) is 87.2 cm³/mol. The summed E-state index contributed by atoms with van der Waals surface area (Å²) in [5.74, 6) is 0.896. The lowest BCUT2D eigenvalue weighted by Crippen LogP contribution is -2.54. The Hall–Kier alpha value is -0.120. The van der Waals surface area contributed by atoms with Gasteiger partial charge in [0.25, 0.3) is 0 Å². The molecule has 3 nitrogen and oxygen atoms in total. The Morgan fingerprint density at radius 2 is 1.65 bits per heavy atom. The molecule has 2 saturated heterocycles.